The van der Waals surface area contributed by atoms with E-state index in [1.807, 2.05) is 50.2 Å². The number of carbonyl (C=O) groups excluding carboxylic acids is 1. The van der Waals surface area contributed by atoms with Gasteiger partial charge < -0.3 is 9.73 Å². The summed E-state index contributed by atoms with van der Waals surface area (Å²) in [5.41, 5.74) is 3.72. The third-order valence-corrected chi connectivity index (χ3v) is 4.58. The number of pyridine rings is 1. The topological polar surface area (TPSA) is 67.5 Å². The van der Waals surface area contributed by atoms with E-state index in [9.17, 15) is 4.79 Å². The Morgan fingerprint density at radius 2 is 1.83 bits per heavy atom. The number of carbonyl (C=O) groups is 1. The molecule has 0 fully saturated rings. The number of fused-ring (bicyclic) bond motifs is 1. The van der Waals surface area contributed by atoms with Crippen LogP contribution in [0, 0.1) is 13.8 Å². The van der Waals surface area contributed by atoms with Crippen molar-refractivity contribution in [3.63, 3.8) is 0 Å². The summed E-state index contributed by atoms with van der Waals surface area (Å²) in [7, 11) is 0. The highest BCUT2D eigenvalue weighted by atomic mass is 35.5. The van der Waals surface area contributed by atoms with Crippen molar-refractivity contribution in [2.75, 3.05) is 5.32 Å². The van der Waals surface area contributed by atoms with Crippen molar-refractivity contribution < 1.29 is 9.21 Å². The molecule has 4 rings (SSSR count). The van der Waals surface area contributed by atoms with Gasteiger partial charge in [0.1, 0.15) is 17.0 Å². The Morgan fingerprint density at radius 1 is 1.03 bits per heavy atom. The first-order valence-electron chi connectivity index (χ1n) is 9.08. The highest BCUT2D eigenvalue weighted by molar-refractivity contribution is 6.31. The number of nitrogens with zero attached hydrogens (tertiary/aromatic N) is 2. The molecule has 29 heavy (non-hydrogen) atoms. The maximum absolute atomic E-state index is 13.0. The molecule has 0 spiro atoms. The summed E-state index contributed by atoms with van der Waals surface area (Å²) in [5.74, 6) is 0.0991. The summed E-state index contributed by atoms with van der Waals surface area (Å²) >= 11 is 6.11. The van der Waals surface area contributed by atoms with E-state index in [2.05, 4.69) is 15.3 Å². The summed E-state index contributed by atoms with van der Waals surface area (Å²) in [4.78, 5) is 21.9. The second kappa shape index (κ2) is 7.89. The van der Waals surface area contributed by atoms with E-state index in [1.165, 1.54) is 0 Å². The van der Waals surface area contributed by atoms with Crippen molar-refractivity contribution in [1.82, 2.24) is 4.98 Å². The first kappa shape index (κ1) is 18.9. The molecule has 144 valence electrons. The molecule has 0 aliphatic carbocycles. The molecule has 6 heteroatoms. The van der Waals surface area contributed by atoms with Gasteiger partial charge in [-0.3, -0.25) is 4.79 Å². The first-order chi connectivity index (χ1) is 14.0. The van der Waals surface area contributed by atoms with Gasteiger partial charge in [0, 0.05) is 16.1 Å². The number of anilines is 1. The molecule has 0 saturated heterocycles. The number of aromatic nitrogens is 1. The maximum atomic E-state index is 13.0. The zero-order valence-corrected chi connectivity index (χ0v) is 16.7. The molecule has 1 N–H and O–H groups in total. The van der Waals surface area contributed by atoms with Crippen LogP contribution in [0.3, 0.4) is 0 Å². The number of rotatable bonds is 3. The average molecular weight is 404 g/mol. The van der Waals surface area contributed by atoms with Crippen LogP contribution in [0.4, 0.5) is 11.5 Å². The minimum Gasteiger partial charge on any atom is -0.438 e. The van der Waals surface area contributed by atoms with Gasteiger partial charge in [-0.05, 0) is 62.4 Å². The van der Waals surface area contributed by atoms with Gasteiger partial charge in [0.2, 0.25) is 5.55 Å². The Balaban J connectivity index is 1.85. The van der Waals surface area contributed by atoms with Gasteiger partial charge in [-0.2, -0.15) is 0 Å². The lowest BCUT2D eigenvalue weighted by Crippen LogP contribution is -2.22. The molecule has 5 nitrogen and oxygen atoms in total. The van der Waals surface area contributed by atoms with Gasteiger partial charge in [-0.1, -0.05) is 35.4 Å². The summed E-state index contributed by atoms with van der Waals surface area (Å²) in [6.45, 7) is 3.86. The SMILES string of the molecule is Cc1ccc(N=c2oc3ccc(Cl)cc3cc2C(=O)Nc2cccc(C)n2)cc1. The summed E-state index contributed by atoms with van der Waals surface area (Å²) in [6, 6.07) is 20.1. The second-order valence-corrected chi connectivity index (χ2v) is 7.15. The molecule has 4 aromatic rings. The number of nitrogens with one attached hydrogen (secondary N) is 1. The number of hydrogen-bond acceptors (Lipinski definition) is 4. The van der Waals surface area contributed by atoms with Crippen LogP contribution >= 0.6 is 11.6 Å². The van der Waals surface area contributed by atoms with Gasteiger partial charge >= 0.3 is 0 Å². The van der Waals surface area contributed by atoms with Gasteiger partial charge in [0.05, 0.1) is 5.69 Å². The van der Waals surface area contributed by atoms with E-state index >= 15 is 0 Å². The van der Waals surface area contributed by atoms with Crippen molar-refractivity contribution in [2.24, 2.45) is 4.99 Å². The van der Waals surface area contributed by atoms with Crippen LogP contribution in [-0.2, 0) is 0 Å². The fourth-order valence-electron chi connectivity index (χ4n) is 2.88. The Hall–Kier alpha value is -3.44. The molecule has 2 aromatic heterocycles. The van der Waals surface area contributed by atoms with Gasteiger partial charge in [0.25, 0.3) is 5.91 Å². The highest BCUT2D eigenvalue weighted by Gasteiger charge is 2.14. The zero-order valence-electron chi connectivity index (χ0n) is 15.9. The van der Waals surface area contributed by atoms with E-state index in [4.69, 9.17) is 16.0 Å². The quantitative estimate of drug-likeness (QED) is 0.485. The molecule has 0 bridgehead atoms. The molecule has 0 unspecified atom stereocenters. The smallest absolute Gasteiger partial charge is 0.262 e. The predicted molar refractivity (Wildman–Crippen MR) is 115 cm³/mol. The van der Waals surface area contributed by atoms with Crippen molar-refractivity contribution in [3.05, 3.63) is 94.1 Å². The van der Waals surface area contributed by atoms with E-state index in [1.54, 1.807) is 30.3 Å². The van der Waals surface area contributed by atoms with Gasteiger partial charge in [-0.15, -0.1) is 0 Å². The molecular formula is C23H18ClN3O2. The monoisotopic (exact) mass is 403 g/mol. The molecule has 0 aliphatic heterocycles. The fourth-order valence-corrected chi connectivity index (χ4v) is 3.06. The summed E-state index contributed by atoms with van der Waals surface area (Å²) in [6.07, 6.45) is 0. The minimum atomic E-state index is -0.361. The standard InChI is InChI=1S/C23H18ClN3O2/c1-14-6-9-18(10-7-14)26-23-19(13-16-12-17(24)8-11-20(16)29-23)22(28)27-21-5-3-4-15(2)25-21/h3-13H,1-2H3,(H,25,27,28). The largest absolute Gasteiger partial charge is 0.438 e. The molecular weight excluding hydrogens is 386 g/mol. The Labute approximate surface area is 172 Å². The lowest BCUT2D eigenvalue weighted by atomic mass is 10.1. The van der Waals surface area contributed by atoms with Crippen molar-refractivity contribution in [2.45, 2.75) is 13.8 Å². The molecule has 0 aliphatic rings. The molecule has 2 aromatic carbocycles. The van der Waals surface area contributed by atoms with Gasteiger partial charge in [-0.25, -0.2) is 9.98 Å². The lowest BCUT2D eigenvalue weighted by molar-refractivity contribution is 0.102. The zero-order chi connectivity index (χ0) is 20.4. The van der Waals surface area contributed by atoms with Crippen LogP contribution in [0.2, 0.25) is 5.02 Å². The summed E-state index contributed by atoms with van der Waals surface area (Å²) < 4.78 is 5.96. The molecule has 0 saturated carbocycles. The van der Waals surface area contributed by atoms with E-state index < -0.39 is 0 Å². The molecule has 0 radical (unpaired) electrons. The Kier molecular flexibility index (Phi) is 5.14. The third-order valence-electron chi connectivity index (χ3n) is 4.35. The number of halogens is 1. The number of hydrogen-bond donors (Lipinski definition) is 1. The fraction of sp³-hybridized carbons (Fsp3) is 0.0870. The lowest BCUT2D eigenvalue weighted by Gasteiger charge is -2.07. The van der Waals surface area contributed by atoms with E-state index in [0.29, 0.717) is 33.1 Å². The van der Waals surface area contributed by atoms with Gasteiger partial charge in [0.15, 0.2) is 0 Å². The highest BCUT2D eigenvalue weighted by Crippen LogP contribution is 2.20. The average Bonchev–Trinajstić information content (AvgIpc) is 2.69. The van der Waals surface area contributed by atoms with Crippen molar-refractivity contribution in [3.8, 4) is 0 Å². The molecule has 0 atom stereocenters. The van der Waals surface area contributed by atoms with Crippen LogP contribution in [0.5, 0.6) is 0 Å². The number of amides is 1. The van der Waals surface area contributed by atoms with Crippen molar-refractivity contribution in [1.29, 1.82) is 0 Å². The normalized spacial score (nSPS) is 11.6. The Bertz CT molecular complexity index is 1280. The summed E-state index contributed by atoms with van der Waals surface area (Å²) in [5, 5.41) is 4.08. The van der Waals surface area contributed by atoms with Crippen LogP contribution < -0.4 is 10.9 Å². The van der Waals surface area contributed by atoms with Crippen LogP contribution in [0.1, 0.15) is 21.6 Å². The number of aryl methyl sites for hydroxylation is 2. The number of benzene rings is 2. The van der Waals surface area contributed by atoms with E-state index in [0.717, 1.165) is 11.3 Å². The van der Waals surface area contributed by atoms with Crippen LogP contribution in [0.25, 0.3) is 11.0 Å². The predicted octanol–water partition coefficient (Wildman–Crippen LogP) is 5.58. The maximum Gasteiger partial charge on any atom is 0.262 e. The Morgan fingerprint density at radius 3 is 2.59 bits per heavy atom. The molecule has 2 heterocycles. The minimum absolute atomic E-state index is 0.217. The first-order valence-corrected chi connectivity index (χ1v) is 9.45. The van der Waals surface area contributed by atoms with Crippen molar-refractivity contribution >= 4 is 40.0 Å². The second-order valence-electron chi connectivity index (χ2n) is 6.71. The van der Waals surface area contributed by atoms with E-state index in [-0.39, 0.29) is 11.5 Å². The van der Waals surface area contributed by atoms with Crippen LogP contribution in [0.15, 0.2) is 76.1 Å². The third kappa shape index (κ3) is 4.36. The van der Waals surface area contributed by atoms with Crippen LogP contribution in [-0.4, -0.2) is 10.9 Å². The molecule has 1 amide bonds.